The highest BCUT2D eigenvalue weighted by atomic mass is 35.5. The molecule has 0 aliphatic heterocycles. The molecular weight excluding hydrogens is 243 g/mol. The third-order valence-corrected chi connectivity index (χ3v) is 3.95. The van der Waals surface area contributed by atoms with Gasteiger partial charge in [-0.3, -0.25) is 0 Å². The molecule has 0 heterocycles. The van der Waals surface area contributed by atoms with Crippen LogP contribution < -0.4 is 0 Å². The summed E-state index contributed by atoms with van der Waals surface area (Å²) in [4.78, 5) is -0.346. The first-order chi connectivity index (χ1) is 7.45. The molecule has 0 aliphatic carbocycles. The monoisotopic (exact) mass is 268 g/mol. The van der Waals surface area contributed by atoms with Gasteiger partial charge in [-0.1, -0.05) is 39.0 Å². The topological polar surface area (TPSA) is 9.23 Å². The van der Waals surface area contributed by atoms with Crippen LogP contribution in [0.15, 0.2) is 0 Å². The van der Waals surface area contributed by atoms with Crippen molar-refractivity contribution in [3.05, 3.63) is 0 Å². The van der Waals surface area contributed by atoms with Crippen LogP contribution in [0.2, 0.25) is 0 Å². The molecule has 1 unspecified atom stereocenters. The van der Waals surface area contributed by atoms with Crippen molar-refractivity contribution in [3.8, 4) is 0 Å². The van der Waals surface area contributed by atoms with Crippen LogP contribution in [0, 0.1) is 5.92 Å². The highest BCUT2D eigenvalue weighted by Crippen LogP contribution is 2.33. The molecule has 3 heteroatoms. The molecule has 0 radical (unpaired) electrons. The normalized spacial score (nSPS) is 14.4. The third-order valence-electron chi connectivity index (χ3n) is 3.34. The number of hydrogen-bond acceptors (Lipinski definition) is 1. The summed E-state index contributed by atoms with van der Waals surface area (Å²) in [6.45, 7) is 6.34. The molecule has 0 saturated heterocycles. The zero-order valence-corrected chi connectivity index (χ0v) is 12.6. The van der Waals surface area contributed by atoms with Crippen LogP contribution in [0.25, 0.3) is 0 Å². The maximum absolute atomic E-state index is 6.03. The molecule has 0 aromatic rings. The fourth-order valence-electron chi connectivity index (χ4n) is 1.90. The minimum atomic E-state index is -0.346. The molecule has 1 nitrogen and oxygen atoms in total. The van der Waals surface area contributed by atoms with E-state index in [0.717, 1.165) is 6.42 Å². The van der Waals surface area contributed by atoms with Crippen LogP contribution >= 0.6 is 23.2 Å². The first-order valence-electron chi connectivity index (χ1n) is 6.29. The quantitative estimate of drug-likeness (QED) is 0.413. The number of ether oxygens (including phenoxy) is 1. The molecule has 0 fully saturated rings. The van der Waals surface area contributed by atoms with Gasteiger partial charge in [0.25, 0.3) is 0 Å². The van der Waals surface area contributed by atoms with E-state index in [4.69, 9.17) is 27.9 Å². The van der Waals surface area contributed by atoms with Crippen LogP contribution in [-0.2, 0) is 4.74 Å². The van der Waals surface area contributed by atoms with Crippen molar-refractivity contribution in [2.75, 3.05) is 7.11 Å². The van der Waals surface area contributed by atoms with Crippen molar-refractivity contribution in [2.45, 2.75) is 69.7 Å². The van der Waals surface area contributed by atoms with E-state index in [1.54, 1.807) is 7.11 Å². The van der Waals surface area contributed by atoms with Crippen LogP contribution in [0.4, 0.5) is 0 Å². The fourth-order valence-corrected chi connectivity index (χ4v) is 2.75. The maximum Gasteiger partial charge on any atom is 0.113 e. The number of rotatable bonds is 9. The standard InChI is InChI=1S/C13H26Cl2O/c1-5-6-7-8-9-10-11(12(14)15)13(2,3)16-4/h11-12H,5-10H2,1-4H3. The Hall–Kier alpha value is 0.540. The first kappa shape index (κ1) is 16.5. The van der Waals surface area contributed by atoms with Gasteiger partial charge in [-0.2, -0.15) is 0 Å². The van der Waals surface area contributed by atoms with Gasteiger partial charge >= 0.3 is 0 Å². The Morgan fingerprint density at radius 3 is 2.06 bits per heavy atom. The maximum atomic E-state index is 6.03. The second kappa shape index (κ2) is 8.60. The highest BCUT2D eigenvalue weighted by Gasteiger charge is 2.33. The zero-order valence-electron chi connectivity index (χ0n) is 11.1. The number of alkyl halides is 2. The van der Waals surface area contributed by atoms with E-state index in [-0.39, 0.29) is 16.4 Å². The van der Waals surface area contributed by atoms with Crippen LogP contribution in [-0.4, -0.2) is 17.5 Å². The molecule has 0 aromatic heterocycles. The van der Waals surface area contributed by atoms with Gasteiger partial charge in [-0.15, -0.1) is 23.2 Å². The van der Waals surface area contributed by atoms with Gasteiger partial charge in [0.2, 0.25) is 0 Å². The van der Waals surface area contributed by atoms with E-state index < -0.39 is 0 Å². The van der Waals surface area contributed by atoms with Gasteiger partial charge in [0.05, 0.1) is 5.60 Å². The lowest BCUT2D eigenvalue weighted by Gasteiger charge is -2.34. The molecule has 0 rings (SSSR count). The largest absolute Gasteiger partial charge is 0.378 e. The predicted octanol–water partition coefficient (Wildman–Crippen LogP) is 5.19. The molecule has 0 amide bonds. The number of hydrogen-bond donors (Lipinski definition) is 0. The van der Waals surface area contributed by atoms with E-state index in [1.807, 2.05) is 0 Å². The van der Waals surface area contributed by atoms with E-state index in [9.17, 15) is 0 Å². The van der Waals surface area contributed by atoms with Gasteiger partial charge in [0, 0.05) is 13.0 Å². The van der Waals surface area contributed by atoms with Crippen LogP contribution in [0.3, 0.4) is 0 Å². The van der Waals surface area contributed by atoms with Crippen molar-refractivity contribution in [2.24, 2.45) is 5.92 Å². The Bertz CT molecular complexity index is 169. The van der Waals surface area contributed by atoms with Crippen molar-refractivity contribution in [1.82, 2.24) is 0 Å². The lowest BCUT2D eigenvalue weighted by molar-refractivity contribution is -0.0270. The molecule has 0 spiro atoms. The molecule has 0 saturated carbocycles. The summed E-state index contributed by atoms with van der Waals surface area (Å²) in [6.07, 6.45) is 7.41. The highest BCUT2D eigenvalue weighted by molar-refractivity contribution is 6.44. The summed E-state index contributed by atoms with van der Waals surface area (Å²) in [5.41, 5.74) is -0.237. The first-order valence-corrected chi connectivity index (χ1v) is 7.16. The summed E-state index contributed by atoms with van der Waals surface area (Å²) >= 11 is 12.1. The average Bonchev–Trinajstić information content (AvgIpc) is 2.22. The Labute approximate surface area is 111 Å². The Balaban J connectivity index is 3.96. The van der Waals surface area contributed by atoms with Gasteiger partial charge in [-0.05, 0) is 20.3 Å². The molecular formula is C13H26Cl2O. The van der Waals surface area contributed by atoms with Crippen molar-refractivity contribution in [1.29, 1.82) is 0 Å². The van der Waals surface area contributed by atoms with E-state index in [0.29, 0.717) is 0 Å². The van der Waals surface area contributed by atoms with E-state index >= 15 is 0 Å². The summed E-state index contributed by atoms with van der Waals surface area (Å²) < 4.78 is 5.47. The van der Waals surface area contributed by atoms with E-state index in [2.05, 4.69) is 20.8 Å². The Morgan fingerprint density at radius 2 is 1.62 bits per heavy atom. The smallest absolute Gasteiger partial charge is 0.113 e. The van der Waals surface area contributed by atoms with Crippen LogP contribution in [0.5, 0.6) is 0 Å². The van der Waals surface area contributed by atoms with Gasteiger partial charge < -0.3 is 4.74 Å². The molecule has 16 heavy (non-hydrogen) atoms. The lowest BCUT2D eigenvalue weighted by atomic mass is 9.87. The van der Waals surface area contributed by atoms with Crippen LogP contribution in [0.1, 0.15) is 59.3 Å². The second-order valence-electron chi connectivity index (χ2n) is 4.95. The summed E-state index contributed by atoms with van der Waals surface area (Å²) in [5.74, 6) is 0.211. The SMILES string of the molecule is CCCCCCCC(C(Cl)Cl)C(C)(C)OC. The van der Waals surface area contributed by atoms with Crippen molar-refractivity contribution < 1.29 is 4.74 Å². The minimum Gasteiger partial charge on any atom is -0.378 e. The fraction of sp³-hybridized carbons (Fsp3) is 1.00. The number of unbranched alkanes of at least 4 members (excludes halogenated alkanes) is 4. The molecule has 0 bridgehead atoms. The summed E-state index contributed by atoms with van der Waals surface area (Å²) in [5, 5.41) is 0. The van der Waals surface area contributed by atoms with Gasteiger partial charge in [0.15, 0.2) is 0 Å². The van der Waals surface area contributed by atoms with E-state index in [1.165, 1.54) is 32.1 Å². The lowest BCUT2D eigenvalue weighted by Crippen LogP contribution is -2.37. The number of methoxy groups -OCH3 is 1. The number of halogens is 2. The van der Waals surface area contributed by atoms with Gasteiger partial charge in [-0.25, -0.2) is 0 Å². The predicted molar refractivity (Wildman–Crippen MR) is 73.4 cm³/mol. The molecule has 0 aliphatic rings. The Kier molecular flexibility index (Phi) is 8.90. The zero-order chi connectivity index (χ0) is 12.6. The Morgan fingerprint density at radius 1 is 1.06 bits per heavy atom. The molecule has 0 aromatic carbocycles. The van der Waals surface area contributed by atoms with Gasteiger partial charge in [0.1, 0.15) is 4.84 Å². The molecule has 1 atom stereocenters. The minimum absolute atomic E-state index is 0.211. The third kappa shape index (κ3) is 6.32. The second-order valence-corrected chi connectivity index (χ2v) is 6.12. The average molecular weight is 269 g/mol. The summed E-state index contributed by atoms with van der Waals surface area (Å²) in [6, 6.07) is 0. The molecule has 0 N–H and O–H groups in total. The summed E-state index contributed by atoms with van der Waals surface area (Å²) in [7, 11) is 1.72. The molecule has 98 valence electrons. The van der Waals surface area contributed by atoms with Crippen molar-refractivity contribution in [3.63, 3.8) is 0 Å². The van der Waals surface area contributed by atoms with Crippen molar-refractivity contribution >= 4 is 23.2 Å².